The molecule has 0 bridgehead atoms. The maximum absolute atomic E-state index is 9.98. The molecule has 0 aromatic heterocycles. The average Bonchev–Trinajstić information content (AvgIpc) is 2.09. The Morgan fingerprint density at radius 2 is 2.15 bits per heavy atom. The van der Waals surface area contributed by atoms with Gasteiger partial charge in [-0.3, -0.25) is 0 Å². The molecule has 0 unspecified atom stereocenters. The predicted octanol–water partition coefficient (Wildman–Crippen LogP) is -1.05. The molecular weight excluding hydrogens is 174 g/mol. The molecule has 0 aliphatic heterocycles. The second-order valence-electron chi connectivity index (χ2n) is 2.32. The Kier molecular flexibility index (Phi) is 6.52. The third-order valence-electron chi connectivity index (χ3n) is 1.31. The molecule has 13 heavy (non-hydrogen) atoms. The molecular formula is C6H15N5O2. The Labute approximate surface area is 76.7 Å². The highest BCUT2D eigenvalue weighted by Gasteiger charge is 1.99. The molecule has 0 aliphatic rings. The van der Waals surface area contributed by atoms with Crippen LogP contribution in [0.4, 0.5) is 0 Å². The Bertz CT molecular complexity index is 182. The van der Waals surface area contributed by atoms with Gasteiger partial charge < -0.3 is 16.0 Å². The fourth-order valence-corrected chi connectivity index (χ4v) is 0.727. The van der Waals surface area contributed by atoms with Crippen molar-refractivity contribution < 1.29 is 5.03 Å². The minimum absolute atomic E-state index is 0.182. The van der Waals surface area contributed by atoms with E-state index in [1.165, 1.54) is 0 Å². The Hall–Kier alpha value is -1.37. The summed E-state index contributed by atoms with van der Waals surface area (Å²) in [6.07, 6.45) is 0.884. The lowest BCUT2D eigenvalue weighted by Gasteiger charge is -2.04. The summed E-state index contributed by atoms with van der Waals surface area (Å²) in [5.74, 6) is 0.182. The molecule has 0 heterocycles. The second kappa shape index (κ2) is 7.29. The topological polar surface area (TPSA) is 91.6 Å². The highest BCUT2D eigenvalue weighted by atomic mass is 16.7. The van der Waals surface area contributed by atoms with E-state index in [1.807, 2.05) is 7.05 Å². The fourth-order valence-electron chi connectivity index (χ4n) is 0.727. The van der Waals surface area contributed by atoms with E-state index in [9.17, 15) is 10.1 Å². The van der Waals surface area contributed by atoms with E-state index >= 15 is 0 Å². The number of hydrazone groups is 1. The van der Waals surface area contributed by atoms with E-state index in [1.54, 1.807) is 7.05 Å². The van der Waals surface area contributed by atoms with E-state index in [0.29, 0.717) is 6.54 Å². The molecule has 0 radical (unpaired) electrons. The fraction of sp³-hybridized carbons (Fsp3) is 0.833. The molecule has 7 nitrogen and oxygen atoms in total. The zero-order chi connectivity index (χ0) is 10.1. The molecule has 0 saturated carbocycles. The summed E-state index contributed by atoms with van der Waals surface area (Å²) in [7, 11) is 3.43. The van der Waals surface area contributed by atoms with E-state index in [2.05, 4.69) is 21.1 Å². The molecule has 0 atom stereocenters. The number of nitrogens with one attached hydrogen (secondary N) is 3. The number of hydrogen-bond acceptors (Lipinski definition) is 3. The number of nitrogens with zero attached hydrogens (tertiary/aromatic N) is 2. The van der Waals surface area contributed by atoms with E-state index in [0.717, 1.165) is 13.0 Å². The van der Waals surface area contributed by atoms with E-state index in [-0.39, 0.29) is 5.96 Å². The maximum Gasteiger partial charge on any atom is 0.268 e. The first-order valence-corrected chi connectivity index (χ1v) is 4.00. The summed E-state index contributed by atoms with van der Waals surface area (Å²) in [6.45, 7) is 1.51. The van der Waals surface area contributed by atoms with Gasteiger partial charge in [0.1, 0.15) is 5.10 Å². The largest absolute Gasteiger partial charge is 0.354 e. The monoisotopic (exact) mass is 189 g/mol. The van der Waals surface area contributed by atoms with Crippen molar-refractivity contribution in [3.8, 4) is 0 Å². The molecule has 0 aromatic rings. The molecule has 0 amide bonds. The van der Waals surface area contributed by atoms with Gasteiger partial charge in [0.05, 0.1) is 0 Å². The molecule has 0 saturated heterocycles. The molecule has 0 aliphatic carbocycles. The predicted molar refractivity (Wildman–Crippen MR) is 50.0 cm³/mol. The second-order valence-corrected chi connectivity index (χ2v) is 2.32. The highest BCUT2D eigenvalue weighted by molar-refractivity contribution is 5.78. The van der Waals surface area contributed by atoms with Gasteiger partial charge in [-0.1, -0.05) is 0 Å². The van der Waals surface area contributed by atoms with Crippen molar-refractivity contribution in [2.24, 2.45) is 5.10 Å². The first-order chi connectivity index (χ1) is 6.20. The smallest absolute Gasteiger partial charge is 0.268 e. The van der Waals surface area contributed by atoms with Gasteiger partial charge in [0, 0.05) is 13.6 Å². The minimum Gasteiger partial charge on any atom is -0.354 e. The van der Waals surface area contributed by atoms with Gasteiger partial charge in [0.25, 0.3) is 5.96 Å². The molecule has 0 spiro atoms. The van der Waals surface area contributed by atoms with Gasteiger partial charge in [-0.2, -0.15) is 0 Å². The van der Waals surface area contributed by atoms with Crippen LogP contribution < -0.4 is 16.0 Å². The average molecular weight is 189 g/mol. The van der Waals surface area contributed by atoms with Crippen LogP contribution >= 0.6 is 0 Å². The third-order valence-corrected chi connectivity index (χ3v) is 1.31. The summed E-state index contributed by atoms with van der Waals surface area (Å²) in [6, 6.07) is 0. The van der Waals surface area contributed by atoms with E-state index in [4.69, 9.17) is 0 Å². The summed E-state index contributed by atoms with van der Waals surface area (Å²) in [5.41, 5.74) is 0. The Morgan fingerprint density at radius 3 is 2.62 bits per heavy atom. The zero-order valence-corrected chi connectivity index (χ0v) is 7.83. The van der Waals surface area contributed by atoms with Crippen LogP contribution in [0.1, 0.15) is 6.42 Å². The van der Waals surface area contributed by atoms with Crippen LogP contribution in [0.2, 0.25) is 0 Å². The Balaban J connectivity index is 3.66. The SMILES string of the molecule is CNCCCN/C(=N/[N+](=O)[O-])NC. The number of hydrogen-bond donors (Lipinski definition) is 3. The first-order valence-electron chi connectivity index (χ1n) is 4.00. The maximum atomic E-state index is 9.98. The highest BCUT2D eigenvalue weighted by Crippen LogP contribution is 1.75. The van der Waals surface area contributed by atoms with Crippen LogP contribution in [0.5, 0.6) is 0 Å². The number of rotatable bonds is 5. The van der Waals surface area contributed by atoms with Crippen molar-refractivity contribution in [3.05, 3.63) is 10.1 Å². The van der Waals surface area contributed by atoms with Crippen LogP contribution in [0.3, 0.4) is 0 Å². The van der Waals surface area contributed by atoms with Gasteiger partial charge in [0.15, 0.2) is 5.03 Å². The van der Waals surface area contributed by atoms with Crippen molar-refractivity contribution >= 4 is 5.96 Å². The zero-order valence-electron chi connectivity index (χ0n) is 7.83. The normalized spacial score (nSPS) is 11.1. The van der Waals surface area contributed by atoms with Crippen molar-refractivity contribution in [1.82, 2.24) is 16.0 Å². The van der Waals surface area contributed by atoms with Crippen LogP contribution in [0, 0.1) is 10.1 Å². The van der Waals surface area contributed by atoms with Gasteiger partial charge in [0.2, 0.25) is 0 Å². The van der Waals surface area contributed by atoms with E-state index < -0.39 is 5.03 Å². The molecule has 3 N–H and O–H groups in total. The molecule has 76 valence electrons. The quantitative estimate of drug-likeness (QED) is 0.169. The number of nitro groups is 1. The van der Waals surface area contributed by atoms with Crippen molar-refractivity contribution in [2.75, 3.05) is 27.2 Å². The Morgan fingerprint density at radius 1 is 1.46 bits per heavy atom. The van der Waals surface area contributed by atoms with Crippen molar-refractivity contribution in [1.29, 1.82) is 0 Å². The van der Waals surface area contributed by atoms with Crippen LogP contribution in [-0.2, 0) is 0 Å². The summed E-state index contributed by atoms with van der Waals surface area (Å²) in [4.78, 5) is 9.98. The molecule has 0 rings (SSSR count). The lowest BCUT2D eigenvalue weighted by atomic mass is 10.4. The molecule has 0 aromatic carbocycles. The third kappa shape index (κ3) is 7.01. The standard InChI is InChI=1S/C6H15N5O2/c1-7-4-3-5-9-6(8-2)10-11(12)13/h7H,3-5H2,1-2H3,(H2,8,9,10). The molecule has 0 fully saturated rings. The lowest BCUT2D eigenvalue weighted by molar-refractivity contribution is -0.485. The molecule has 7 heteroatoms. The van der Waals surface area contributed by atoms with Crippen LogP contribution in [-0.4, -0.2) is 38.2 Å². The minimum atomic E-state index is -0.739. The number of guanidine groups is 1. The van der Waals surface area contributed by atoms with Crippen molar-refractivity contribution in [3.63, 3.8) is 0 Å². The van der Waals surface area contributed by atoms with Gasteiger partial charge >= 0.3 is 0 Å². The van der Waals surface area contributed by atoms with Crippen LogP contribution in [0.15, 0.2) is 5.10 Å². The summed E-state index contributed by atoms with van der Waals surface area (Å²) in [5, 5.41) is 20.7. The summed E-state index contributed by atoms with van der Waals surface area (Å²) < 4.78 is 0. The lowest BCUT2D eigenvalue weighted by Crippen LogP contribution is -2.36. The van der Waals surface area contributed by atoms with Crippen molar-refractivity contribution in [2.45, 2.75) is 6.42 Å². The van der Waals surface area contributed by atoms with Gasteiger partial charge in [-0.25, -0.2) is 10.1 Å². The van der Waals surface area contributed by atoms with Crippen LogP contribution in [0.25, 0.3) is 0 Å². The van der Waals surface area contributed by atoms with Gasteiger partial charge in [-0.15, -0.1) is 0 Å². The summed E-state index contributed by atoms with van der Waals surface area (Å²) >= 11 is 0. The van der Waals surface area contributed by atoms with Gasteiger partial charge in [-0.05, 0) is 20.0 Å². The first kappa shape index (κ1) is 11.6.